The standard InChI is InChI=1S/C18H19NO3/c1-2-10-22-16-5-3-4-13(11-16)12-17(18(20)21)14-6-8-15(19)9-7-14/h3-9,11-12H,2,10,19H2,1H3,(H,20,21)/b17-12-. The third-order valence-corrected chi connectivity index (χ3v) is 3.09. The third-order valence-electron chi connectivity index (χ3n) is 3.09. The molecule has 2 aromatic rings. The van der Waals surface area contributed by atoms with Crippen LogP contribution in [-0.4, -0.2) is 17.7 Å². The highest BCUT2D eigenvalue weighted by atomic mass is 16.5. The molecule has 0 aromatic heterocycles. The summed E-state index contributed by atoms with van der Waals surface area (Å²) < 4.78 is 5.57. The molecule has 2 aromatic carbocycles. The van der Waals surface area contributed by atoms with Crippen molar-refractivity contribution < 1.29 is 14.6 Å². The van der Waals surface area contributed by atoms with E-state index < -0.39 is 5.97 Å². The van der Waals surface area contributed by atoms with E-state index in [1.165, 1.54) is 0 Å². The summed E-state index contributed by atoms with van der Waals surface area (Å²) in [5.74, 6) is -0.248. The van der Waals surface area contributed by atoms with Gasteiger partial charge in [-0.25, -0.2) is 4.79 Å². The third kappa shape index (κ3) is 4.12. The zero-order valence-corrected chi connectivity index (χ0v) is 12.5. The van der Waals surface area contributed by atoms with Crippen molar-refractivity contribution in [2.45, 2.75) is 13.3 Å². The Hall–Kier alpha value is -2.75. The van der Waals surface area contributed by atoms with Gasteiger partial charge in [0.25, 0.3) is 0 Å². The van der Waals surface area contributed by atoms with Crippen LogP contribution in [0.15, 0.2) is 48.5 Å². The van der Waals surface area contributed by atoms with E-state index in [9.17, 15) is 9.90 Å². The van der Waals surface area contributed by atoms with Gasteiger partial charge in [0.2, 0.25) is 0 Å². The van der Waals surface area contributed by atoms with Gasteiger partial charge in [0.1, 0.15) is 5.75 Å². The maximum Gasteiger partial charge on any atom is 0.336 e. The number of rotatable bonds is 6. The van der Waals surface area contributed by atoms with Crippen molar-refractivity contribution >= 4 is 23.3 Å². The van der Waals surface area contributed by atoms with E-state index in [1.807, 2.05) is 31.2 Å². The smallest absolute Gasteiger partial charge is 0.336 e. The van der Waals surface area contributed by atoms with E-state index in [1.54, 1.807) is 30.3 Å². The number of benzene rings is 2. The average molecular weight is 297 g/mol. The van der Waals surface area contributed by atoms with Crippen LogP contribution >= 0.6 is 0 Å². The molecule has 0 radical (unpaired) electrons. The van der Waals surface area contributed by atoms with Crippen molar-refractivity contribution in [3.8, 4) is 5.75 Å². The van der Waals surface area contributed by atoms with Crippen LogP contribution in [0.4, 0.5) is 5.69 Å². The Bertz CT molecular complexity index is 675. The van der Waals surface area contributed by atoms with Crippen LogP contribution in [0.3, 0.4) is 0 Å². The van der Waals surface area contributed by atoms with Crippen LogP contribution in [0, 0.1) is 0 Å². The number of nitrogens with two attached hydrogens (primary N) is 1. The number of hydrogen-bond donors (Lipinski definition) is 2. The summed E-state index contributed by atoms with van der Waals surface area (Å²) in [4.78, 5) is 11.5. The Morgan fingerprint density at radius 1 is 1.23 bits per heavy atom. The van der Waals surface area contributed by atoms with E-state index in [4.69, 9.17) is 10.5 Å². The van der Waals surface area contributed by atoms with Crippen LogP contribution < -0.4 is 10.5 Å². The molecule has 0 aliphatic carbocycles. The molecule has 0 aliphatic rings. The van der Waals surface area contributed by atoms with Gasteiger partial charge in [0.15, 0.2) is 0 Å². The van der Waals surface area contributed by atoms with Gasteiger partial charge in [-0.2, -0.15) is 0 Å². The van der Waals surface area contributed by atoms with Gasteiger partial charge in [-0.3, -0.25) is 0 Å². The molecule has 4 nitrogen and oxygen atoms in total. The van der Waals surface area contributed by atoms with E-state index in [2.05, 4.69) is 0 Å². The zero-order valence-electron chi connectivity index (χ0n) is 12.5. The van der Waals surface area contributed by atoms with Gasteiger partial charge >= 0.3 is 5.97 Å². The Morgan fingerprint density at radius 2 is 1.95 bits per heavy atom. The van der Waals surface area contributed by atoms with Crippen molar-refractivity contribution in [2.75, 3.05) is 12.3 Å². The Kier molecular flexibility index (Phi) is 5.20. The van der Waals surface area contributed by atoms with E-state index in [-0.39, 0.29) is 5.57 Å². The first-order valence-electron chi connectivity index (χ1n) is 7.14. The fourth-order valence-electron chi connectivity index (χ4n) is 2.01. The summed E-state index contributed by atoms with van der Waals surface area (Å²) in [6.07, 6.45) is 2.55. The van der Waals surface area contributed by atoms with Crippen molar-refractivity contribution in [2.24, 2.45) is 0 Å². The van der Waals surface area contributed by atoms with Crippen LogP contribution in [0.5, 0.6) is 5.75 Å². The number of hydrogen-bond acceptors (Lipinski definition) is 3. The fourth-order valence-corrected chi connectivity index (χ4v) is 2.01. The fraction of sp³-hybridized carbons (Fsp3) is 0.167. The molecule has 22 heavy (non-hydrogen) atoms. The minimum absolute atomic E-state index is 0.215. The molecule has 0 unspecified atom stereocenters. The molecule has 0 amide bonds. The molecule has 0 saturated carbocycles. The highest BCUT2D eigenvalue weighted by Gasteiger charge is 2.10. The summed E-state index contributed by atoms with van der Waals surface area (Å²) >= 11 is 0. The van der Waals surface area contributed by atoms with Gasteiger partial charge in [-0.05, 0) is 47.9 Å². The van der Waals surface area contributed by atoms with Crippen LogP contribution in [0.25, 0.3) is 11.6 Å². The van der Waals surface area contributed by atoms with Crippen molar-refractivity contribution in [3.05, 3.63) is 59.7 Å². The molecule has 0 spiro atoms. The molecule has 0 aliphatic heterocycles. The predicted octanol–water partition coefficient (Wildman–Crippen LogP) is 3.68. The molecule has 0 heterocycles. The summed E-state index contributed by atoms with van der Waals surface area (Å²) in [5.41, 5.74) is 7.85. The van der Waals surface area contributed by atoms with Crippen molar-refractivity contribution in [1.29, 1.82) is 0 Å². The Morgan fingerprint density at radius 3 is 2.59 bits per heavy atom. The maximum absolute atomic E-state index is 11.5. The summed E-state index contributed by atoms with van der Waals surface area (Å²) in [6.45, 7) is 2.67. The lowest BCUT2D eigenvalue weighted by Crippen LogP contribution is -2.00. The molecule has 0 bridgehead atoms. The molecule has 3 N–H and O–H groups in total. The second-order valence-corrected chi connectivity index (χ2v) is 4.91. The van der Waals surface area contributed by atoms with Crippen molar-refractivity contribution in [3.63, 3.8) is 0 Å². The topological polar surface area (TPSA) is 72.5 Å². The number of carbonyl (C=O) groups is 1. The number of ether oxygens (including phenoxy) is 1. The Balaban J connectivity index is 2.34. The summed E-state index contributed by atoms with van der Waals surface area (Å²) in [7, 11) is 0. The molecule has 0 saturated heterocycles. The van der Waals surface area contributed by atoms with E-state index in [0.717, 1.165) is 17.7 Å². The molecule has 4 heteroatoms. The monoisotopic (exact) mass is 297 g/mol. The summed E-state index contributed by atoms with van der Waals surface area (Å²) in [5, 5.41) is 9.44. The first-order chi connectivity index (χ1) is 10.6. The largest absolute Gasteiger partial charge is 0.494 e. The number of aliphatic carboxylic acids is 1. The first-order valence-corrected chi connectivity index (χ1v) is 7.14. The van der Waals surface area contributed by atoms with E-state index >= 15 is 0 Å². The highest BCUT2D eigenvalue weighted by Crippen LogP contribution is 2.22. The predicted molar refractivity (Wildman–Crippen MR) is 88.6 cm³/mol. The number of carboxylic acids is 1. The van der Waals surface area contributed by atoms with Crippen LogP contribution in [0.1, 0.15) is 24.5 Å². The second kappa shape index (κ2) is 7.31. The minimum atomic E-state index is -0.982. The average Bonchev–Trinajstić information content (AvgIpc) is 2.52. The van der Waals surface area contributed by atoms with Crippen LogP contribution in [-0.2, 0) is 4.79 Å². The quantitative estimate of drug-likeness (QED) is 0.484. The van der Waals surface area contributed by atoms with Gasteiger partial charge in [-0.15, -0.1) is 0 Å². The van der Waals surface area contributed by atoms with Crippen LogP contribution in [0.2, 0.25) is 0 Å². The van der Waals surface area contributed by atoms with Gasteiger partial charge in [0, 0.05) is 5.69 Å². The lowest BCUT2D eigenvalue weighted by atomic mass is 10.0. The molecule has 0 fully saturated rings. The molecular formula is C18H19NO3. The minimum Gasteiger partial charge on any atom is -0.494 e. The lowest BCUT2D eigenvalue weighted by molar-refractivity contribution is -0.130. The number of carboxylic acid groups (broad SMARTS) is 1. The number of anilines is 1. The molecule has 2 rings (SSSR count). The molecule has 0 atom stereocenters. The van der Waals surface area contributed by atoms with Gasteiger partial charge in [0.05, 0.1) is 12.2 Å². The highest BCUT2D eigenvalue weighted by molar-refractivity contribution is 6.20. The molecule has 114 valence electrons. The molecular weight excluding hydrogens is 278 g/mol. The Labute approximate surface area is 129 Å². The number of nitrogen functional groups attached to an aromatic ring is 1. The zero-order chi connectivity index (χ0) is 15.9. The van der Waals surface area contributed by atoms with Gasteiger partial charge in [-0.1, -0.05) is 31.2 Å². The van der Waals surface area contributed by atoms with Gasteiger partial charge < -0.3 is 15.6 Å². The lowest BCUT2D eigenvalue weighted by Gasteiger charge is -2.07. The maximum atomic E-state index is 11.5. The normalized spacial score (nSPS) is 11.2. The van der Waals surface area contributed by atoms with Crippen molar-refractivity contribution in [1.82, 2.24) is 0 Å². The van der Waals surface area contributed by atoms with E-state index in [0.29, 0.717) is 17.9 Å². The second-order valence-electron chi connectivity index (χ2n) is 4.91. The first kappa shape index (κ1) is 15.6. The SMILES string of the molecule is CCCOc1cccc(/C=C(\C(=O)O)c2ccc(N)cc2)c1. The summed E-state index contributed by atoms with van der Waals surface area (Å²) in [6, 6.07) is 14.2.